The highest BCUT2D eigenvalue weighted by atomic mass is 16.3. The third kappa shape index (κ3) is 3.47. The Labute approximate surface area is 109 Å². The number of carbonyl (C=O) groups is 1. The number of rotatable bonds is 5. The molecule has 1 aromatic rings. The lowest BCUT2D eigenvalue weighted by atomic mass is 10.1. The minimum Gasteiger partial charge on any atom is -0.395 e. The van der Waals surface area contributed by atoms with Crippen molar-refractivity contribution in [2.75, 3.05) is 32.1 Å². The predicted molar refractivity (Wildman–Crippen MR) is 74.0 cm³/mol. The van der Waals surface area contributed by atoms with Crippen LogP contribution in [0, 0.1) is 0 Å². The molecule has 0 fully saturated rings. The van der Waals surface area contributed by atoms with E-state index in [1.807, 2.05) is 57.1 Å². The van der Waals surface area contributed by atoms with Crippen molar-refractivity contribution in [1.82, 2.24) is 4.90 Å². The topological polar surface area (TPSA) is 43.8 Å². The molecule has 4 heteroatoms. The first-order valence-electron chi connectivity index (χ1n) is 6.16. The second kappa shape index (κ2) is 6.40. The van der Waals surface area contributed by atoms with E-state index in [1.165, 1.54) is 0 Å². The zero-order chi connectivity index (χ0) is 13.7. The van der Waals surface area contributed by atoms with Crippen LogP contribution in [0.3, 0.4) is 0 Å². The number of anilines is 1. The monoisotopic (exact) mass is 250 g/mol. The molecule has 0 aromatic heterocycles. The van der Waals surface area contributed by atoms with E-state index in [-0.39, 0.29) is 18.6 Å². The summed E-state index contributed by atoms with van der Waals surface area (Å²) in [4.78, 5) is 16.0. The zero-order valence-corrected chi connectivity index (χ0v) is 11.6. The number of aliphatic hydroxyl groups excluding tert-OH is 1. The molecule has 0 bridgehead atoms. The maximum absolute atomic E-state index is 12.3. The molecule has 0 unspecified atom stereocenters. The van der Waals surface area contributed by atoms with E-state index < -0.39 is 0 Å². The molecule has 4 nitrogen and oxygen atoms in total. The second-order valence-corrected chi connectivity index (χ2v) is 4.76. The lowest BCUT2D eigenvalue weighted by Gasteiger charge is -2.26. The van der Waals surface area contributed by atoms with Crippen LogP contribution >= 0.6 is 0 Å². The van der Waals surface area contributed by atoms with Crippen LogP contribution in [0.4, 0.5) is 5.69 Å². The van der Waals surface area contributed by atoms with Crippen LogP contribution in [0.5, 0.6) is 0 Å². The smallest absolute Gasteiger partial charge is 0.254 e. The van der Waals surface area contributed by atoms with E-state index in [0.29, 0.717) is 12.1 Å². The molecule has 0 aliphatic carbocycles. The van der Waals surface area contributed by atoms with E-state index in [9.17, 15) is 4.79 Å². The average Bonchev–Trinajstić information content (AvgIpc) is 2.35. The fourth-order valence-corrected chi connectivity index (χ4v) is 1.78. The molecule has 18 heavy (non-hydrogen) atoms. The van der Waals surface area contributed by atoms with Gasteiger partial charge < -0.3 is 14.9 Å². The highest BCUT2D eigenvalue weighted by Crippen LogP contribution is 2.16. The molecule has 100 valence electrons. The maximum Gasteiger partial charge on any atom is 0.254 e. The number of nitrogens with zero attached hydrogens (tertiary/aromatic N) is 2. The van der Waals surface area contributed by atoms with E-state index in [2.05, 4.69) is 0 Å². The van der Waals surface area contributed by atoms with Gasteiger partial charge in [-0.25, -0.2) is 0 Å². The van der Waals surface area contributed by atoms with Crippen LogP contribution in [0.1, 0.15) is 24.2 Å². The molecule has 0 spiro atoms. The highest BCUT2D eigenvalue weighted by Gasteiger charge is 2.18. The summed E-state index contributed by atoms with van der Waals surface area (Å²) < 4.78 is 0. The Morgan fingerprint density at radius 2 is 2.00 bits per heavy atom. The molecule has 0 saturated carbocycles. The predicted octanol–water partition coefficient (Wildman–Crippen LogP) is 1.60. The Morgan fingerprint density at radius 1 is 1.33 bits per heavy atom. The first-order valence-corrected chi connectivity index (χ1v) is 6.16. The number of aliphatic hydroxyl groups is 1. The van der Waals surface area contributed by atoms with Gasteiger partial charge in [0, 0.05) is 37.9 Å². The van der Waals surface area contributed by atoms with Gasteiger partial charge in [0.15, 0.2) is 0 Å². The van der Waals surface area contributed by atoms with Crippen LogP contribution in [0.15, 0.2) is 24.3 Å². The average molecular weight is 250 g/mol. The minimum absolute atomic E-state index is 0.0166. The Balaban J connectivity index is 2.97. The molecule has 0 aliphatic heterocycles. The van der Waals surface area contributed by atoms with E-state index in [4.69, 9.17) is 5.11 Å². The largest absolute Gasteiger partial charge is 0.395 e. The van der Waals surface area contributed by atoms with Crippen molar-refractivity contribution in [1.29, 1.82) is 0 Å². The molecule has 1 amide bonds. The van der Waals surface area contributed by atoms with Gasteiger partial charge in [-0.1, -0.05) is 6.07 Å². The van der Waals surface area contributed by atoms with Gasteiger partial charge in [-0.05, 0) is 32.0 Å². The lowest BCUT2D eigenvalue weighted by molar-refractivity contribution is 0.0665. The molecule has 0 atom stereocenters. The molecular weight excluding hydrogens is 228 g/mol. The van der Waals surface area contributed by atoms with Gasteiger partial charge in [-0.15, -0.1) is 0 Å². The Morgan fingerprint density at radius 3 is 2.50 bits per heavy atom. The number of hydrogen-bond acceptors (Lipinski definition) is 3. The quantitative estimate of drug-likeness (QED) is 0.863. The van der Waals surface area contributed by atoms with Gasteiger partial charge in [-0.3, -0.25) is 4.79 Å². The first-order chi connectivity index (χ1) is 8.47. The first kappa shape index (κ1) is 14.5. The zero-order valence-electron chi connectivity index (χ0n) is 11.6. The van der Waals surface area contributed by atoms with Gasteiger partial charge in [0.2, 0.25) is 0 Å². The number of carbonyl (C=O) groups excluding carboxylic acids is 1. The van der Waals surface area contributed by atoms with Crippen molar-refractivity contribution in [3.05, 3.63) is 29.8 Å². The molecule has 1 rings (SSSR count). The molecule has 0 aliphatic rings. The van der Waals surface area contributed by atoms with Crippen LogP contribution in [0.25, 0.3) is 0 Å². The van der Waals surface area contributed by atoms with Crippen LogP contribution in [0.2, 0.25) is 0 Å². The van der Waals surface area contributed by atoms with E-state index >= 15 is 0 Å². The van der Waals surface area contributed by atoms with Crippen LogP contribution in [-0.4, -0.2) is 49.2 Å². The fraction of sp³-hybridized carbons (Fsp3) is 0.500. The molecule has 0 heterocycles. The number of hydrogen-bond donors (Lipinski definition) is 1. The summed E-state index contributed by atoms with van der Waals surface area (Å²) >= 11 is 0. The summed E-state index contributed by atoms with van der Waals surface area (Å²) in [5.41, 5.74) is 1.65. The van der Waals surface area contributed by atoms with Crippen LogP contribution < -0.4 is 4.90 Å². The van der Waals surface area contributed by atoms with Crippen LogP contribution in [-0.2, 0) is 0 Å². The fourth-order valence-electron chi connectivity index (χ4n) is 1.78. The Bertz CT molecular complexity index is 403. The highest BCUT2D eigenvalue weighted by molar-refractivity contribution is 5.95. The molecule has 0 saturated heterocycles. The van der Waals surface area contributed by atoms with Gasteiger partial charge in [0.25, 0.3) is 5.91 Å². The van der Waals surface area contributed by atoms with Gasteiger partial charge in [0.1, 0.15) is 0 Å². The second-order valence-electron chi connectivity index (χ2n) is 4.76. The van der Waals surface area contributed by atoms with E-state index in [1.54, 1.807) is 4.90 Å². The van der Waals surface area contributed by atoms with Crippen molar-refractivity contribution in [3.63, 3.8) is 0 Å². The minimum atomic E-state index is -0.0391. The molecule has 0 radical (unpaired) electrons. The van der Waals surface area contributed by atoms with Crippen molar-refractivity contribution in [2.24, 2.45) is 0 Å². The summed E-state index contributed by atoms with van der Waals surface area (Å²) in [7, 11) is 3.88. The van der Waals surface area contributed by atoms with Gasteiger partial charge >= 0.3 is 0 Å². The summed E-state index contributed by atoms with van der Waals surface area (Å²) in [5.74, 6) is -0.0391. The number of benzene rings is 1. The van der Waals surface area contributed by atoms with Crippen molar-refractivity contribution < 1.29 is 9.90 Å². The normalized spacial score (nSPS) is 10.6. The molecule has 1 N–H and O–H groups in total. The summed E-state index contributed by atoms with van der Waals surface area (Å²) in [5, 5.41) is 9.02. The van der Waals surface area contributed by atoms with Crippen molar-refractivity contribution in [3.8, 4) is 0 Å². The SMILES string of the molecule is CC(C)N(CCO)C(=O)c1cccc(N(C)C)c1. The standard InChI is InChI=1S/C14H22N2O2/c1-11(2)16(8-9-17)14(18)12-6-5-7-13(10-12)15(3)4/h5-7,10-11,17H,8-9H2,1-4H3. The molecular formula is C14H22N2O2. The van der Waals surface area contributed by atoms with Gasteiger partial charge in [-0.2, -0.15) is 0 Å². The van der Waals surface area contributed by atoms with Crippen molar-refractivity contribution in [2.45, 2.75) is 19.9 Å². The van der Waals surface area contributed by atoms with E-state index in [0.717, 1.165) is 5.69 Å². The Hall–Kier alpha value is -1.55. The lowest BCUT2D eigenvalue weighted by Crippen LogP contribution is -2.39. The maximum atomic E-state index is 12.3. The third-order valence-corrected chi connectivity index (χ3v) is 2.83. The Kier molecular flexibility index (Phi) is 5.16. The molecule has 1 aromatic carbocycles. The number of amides is 1. The summed E-state index contributed by atoms with van der Waals surface area (Å²) in [6.45, 7) is 4.24. The third-order valence-electron chi connectivity index (χ3n) is 2.83. The van der Waals surface area contributed by atoms with Crippen molar-refractivity contribution >= 4 is 11.6 Å². The summed E-state index contributed by atoms with van der Waals surface area (Å²) in [6, 6.07) is 7.59. The van der Waals surface area contributed by atoms with Gasteiger partial charge in [0.05, 0.1) is 6.61 Å². The summed E-state index contributed by atoms with van der Waals surface area (Å²) in [6.07, 6.45) is 0.